The van der Waals surface area contributed by atoms with Crippen LogP contribution in [-0.4, -0.2) is 40.1 Å². The minimum absolute atomic E-state index is 0. The van der Waals surface area contributed by atoms with Crippen LogP contribution in [0.15, 0.2) is 77.4 Å². The van der Waals surface area contributed by atoms with Crippen LogP contribution in [0.3, 0.4) is 0 Å². The fourth-order valence-electron chi connectivity index (χ4n) is 2.32. The Morgan fingerprint density at radius 1 is 1.17 bits per heavy atom. The first-order valence-corrected chi connectivity index (χ1v) is 8.77. The molecule has 156 valence electrons. The van der Waals surface area contributed by atoms with Crippen molar-refractivity contribution in [2.75, 3.05) is 6.54 Å². The molecule has 0 amide bonds. The number of phenols is 2. The summed E-state index contributed by atoms with van der Waals surface area (Å²) in [6.45, 7) is 2.94. The third kappa shape index (κ3) is 8.68. The SMILES string of the molecule is CC1=CC[N-]C=C1.O=C(O)C(Cc1ccc(O)cc1)N=Cc1ccccc1O.[Cu+]. The van der Waals surface area contributed by atoms with Gasteiger partial charge in [-0.2, -0.15) is 6.20 Å². The number of aromatic hydroxyl groups is 2. The summed E-state index contributed by atoms with van der Waals surface area (Å²) < 4.78 is 0. The van der Waals surface area contributed by atoms with E-state index in [1.165, 1.54) is 30.0 Å². The molecule has 0 bridgehead atoms. The third-order valence-corrected chi connectivity index (χ3v) is 3.94. The smallest absolute Gasteiger partial charge is 0.687 e. The molecule has 2 aromatic rings. The van der Waals surface area contributed by atoms with E-state index in [2.05, 4.69) is 23.3 Å². The number of hydrogen-bond donors (Lipinski definition) is 3. The van der Waals surface area contributed by atoms with Gasteiger partial charge in [0.05, 0.1) is 0 Å². The van der Waals surface area contributed by atoms with Crippen molar-refractivity contribution in [3.05, 3.63) is 88.9 Å². The molecule has 1 unspecified atom stereocenters. The van der Waals surface area contributed by atoms with Gasteiger partial charge in [-0.05, 0) is 36.8 Å². The maximum atomic E-state index is 11.3. The fourth-order valence-corrected chi connectivity index (χ4v) is 2.32. The minimum Gasteiger partial charge on any atom is -0.687 e. The molecule has 7 heteroatoms. The van der Waals surface area contributed by atoms with Gasteiger partial charge in [0.1, 0.15) is 11.5 Å². The molecule has 0 fully saturated rings. The largest absolute Gasteiger partial charge is 1.00 e. The number of nitrogens with zero attached hydrogens (tertiary/aromatic N) is 2. The third-order valence-electron chi connectivity index (χ3n) is 3.94. The van der Waals surface area contributed by atoms with Gasteiger partial charge >= 0.3 is 23.0 Å². The molecule has 0 spiro atoms. The van der Waals surface area contributed by atoms with Gasteiger partial charge in [0.2, 0.25) is 0 Å². The van der Waals surface area contributed by atoms with Crippen molar-refractivity contribution in [2.45, 2.75) is 19.4 Å². The standard InChI is InChI=1S/C16H15NO4.C6H8N.Cu/c18-13-7-5-11(6-8-13)9-14(16(20)21)17-10-12-3-1-2-4-15(12)19;1-6-2-4-7-5-3-6;/h1-8,10,14,18-19H,9H2,(H,20,21);2-4H,5H2,1H3;/q;-1;+1. The molecule has 0 saturated heterocycles. The molecule has 29 heavy (non-hydrogen) atoms. The van der Waals surface area contributed by atoms with Crippen molar-refractivity contribution in [3.63, 3.8) is 0 Å². The van der Waals surface area contributed by atoms with E-state index in [0.29, 0.717) is 5.56 Å². The first kappa shape index (κ1) is 24.0. The van der Waals surface area contributed by atoms with Gasteiger partial charge < -0.3 is 20.6 Å². The van der Waals surface area contributed by atoms with Gasteiger partial charge in [0.25, 0.3) is 0 Å². The number of benzene rings is 2. The average Bonchev–Trinajstić information content (AvgIpc) is 2.68. The summed E-state index contributed by atoms with van der Waals surface area (Å²) in [5.41, 5.74) is 2.54. The molecule has 2 aromatic carbocycles. The molecule has 1 aliphatic rings. The van der Waals surface area contributed by atoms with Crippen molar-refractivity contribution < 1.29 is 37.2 Å². The van der Waals surface area contributed by atoms with Crippen molar-refractivity contribution in [1.29, 1.82) is 0 Å². The van der Waals surface area contributed by atoms with E-state index >= 15 is 0 Å². The Labute approximate surface area is 180 Å². The van der Waals surface area contributed by atoms with E-state index in [9.17, 15) is 20.1 Å². The maximum absolute atomic E-state index is 11.3. The first-order valence-electron chi connectivity index (χ1n) is 8.77. The maximum Gasteiger partial charge on any atom is 1.00 e. The molecule has 1 heterocycles. The molecule has 0 aliphatic carbocycles. The summed E-state index contributed by atoms with van der Waals surface area (Å²) in [4.78, 5) is 15.3. The Balaban J connectivity index is 0.000000445. The van der Waals surface area contributed by atoms with Crippen LogP contribution in [0, 0.1) is 0 Å². The number of phenolic OH excluding ortho intramolecular Hbond substituents is 2. The van der Waals surface area contributed by atoms with Gasteiger partial charge in [-0.15, -0.1) is 6.54 Å². The van der Waals surface area contributed by atoms with Gasteiger partial charge in [-0.3, -0.25) is 4.99 Å². The van der Waals surface area contributed by atoms with Gasteiger partial charge in [-0.1, -0.05) is 42.0 Å². The van der Waals surface area contributed by atoms with E-state index < -0.39 is 12.0 Å². The number of allylic oxidation sites excluding steroid dienone is 2. The number of rotatable bonds is 5. The van der Waals surface area contributed by atoms with Crippen LogP contribution in [-0.2, 0) is 28.3 Å². The quantitative estimate of drug-likeness (QED) is 0.480. The Kier molecular flexibility index (Phi) is 10.3. The van der Waals surface area contributed by atoms with Crippen molar-refractivity contribution in [3.8, 4) is 11.5 Å². The molecule has 0 radical (unpaired) electrons. The number of aliphatic carboxylic acids is 1. The van der Waals surface area contributed by atoms with Crippen LogP contribution in [0.2, 0.25) is 0 Å². The number of carboxylic acids is 1. The van der Waals surface area contributed by atoms with Gasteiger partial charge in [-0.25, -0.2) is 4.79 Å². The van der Waals surface area contributed by atoms with Gasteiger partial charge in [0, 0.05) is 18.2 Å². The Morgan fingerprint density at radius 2 is 1.86 bits per heavy atom. The number of carbonyl (C=O) groups is 1. The Hall–Kier alpha value is -3.02. The Bertz CT molecular complexity index is 877. The van der Waals surface area contributed by atoms with Crippen LogP contribution < -0.4 is 0 Å². The molecular formula is C22H23CuN2O4. The number of para-hydroxylation sites is 1. The summed E-state index contributed by atoms with van der Waals surface area (Å²) in [6.07, 6.45) is 7.51. The van der Waals surface area contributed by atoms with E-state index in [0.717, 1.165) is 12.1 Å². The summed E-state index contributed by atoms with van der Waals surface area (Å²) in [7, 11) is 0. The number of carboxylic acid groups (broad SMARTS) is 1. The molecule has 1 aliphatic heterocycles. The monoisotopic (exact) mass is 442 g/mol. The predicted molar refractivity (Wildman–Crippen MR) is 110 cm³/mol. The van der Waals surface area contributed by atoms with Crippen LogP contribution in [0.1, 0.15) is 18.1 Å². The summed E-state index contributed by atoms with van der Waals surface area (Å²) >= 11 is 0. The fraction of sp³-hybridized carbons (Fsp3) is 0.182. The molecule has 3 N–H and O–H groups in total. The van der Waals surface area contributed by atoms with Crippen LogP contribution in [0.25, 0.3) is 5.32 Å². The second-order valence-corrected chi connectivity index (χ2v) is 6.19. The van der Waals surface area contributed by atoms with Crippen LogP contribution in [0.4, 0.5) is 0 Å². The zero-order valence-corrected chi connectivity index (χ0v) is 16.8. The second kappa shape index (κ2) is 12.4. The average molecular weight is 443 g/mol. The molecule has 0 saturated carbocycles. The summed E-state index contributed by atoms with van der Waals surface area (Å²) in [6, 6.07) is 11.9. The van der Waals surface area contributed by atoms with Crippen molar-refractivity contribution in [1.82, 2.24) is 0 Å². The summed E-state index contributed by atoms with van der Waals surface area (Å²) in [5, 5.41) is 32.0. The van der Waals surface area contributed by atoms with Crippen LogP contribution in [0.5, 0.6) is 11.5 Å². The predicted octanol–water partition coefficient (Wildman–Crippen LogP) is 4.04. The van der Waals surface area contributed by atoms with E-state index in [1.807, 2.05) is 12.3 Å². The van der Waals surface area contributed by atoms with Crippen LogP contribution >= 0.6 is 0 Å². The number of hydrogen-bond acceptors (Lipinski definition) is 4. The molecular weight excluding hydrogens is 420 g/mol. The summed E-state index contributed by atoms with van der Waals surface area (Å²) in [5.74, 6) is -0.867. The molecule has 6 nitrogen and oxygen atoms in total. The first-order chi connectivity index (χ1) is 13.5. The molecule has 0 aromatic heterocycles. The van der Waals surface area contributed by atoms with Crippen molar-refractivity contribution >= 4 is 12.2 Å². The number of aliphatic imine (C=N–C) groups is 1. The normalized spacial score (nSPS) is 13.3. The van der Waals surface area contributed by atoms with E-state index in [1.54, 1.807) is 30.3 Å². The van der Waals surface area contributed by atoms with Gasteiger partial charge in [0.15, 0.2) is 6.04 Å². The van der Waals surface area contributed by atoms with E-state index in [-0.39, 0.29) is 35.0 Å². The van der Waals surface area contributed by atoms with Crippen molar-refractivity contribution in [2.24, 2.45) is 4.99 Å². The zero-order valence-electron chi connectivity index (χ0n) is 15.9. The second-order valence-electron chi connectivity index (χ2n) is 6.19. The molecule has 3 rings (SSSR count). The Morgan fingerprint density at radius 3 is 2.38 bits per heavy atom. The topological polar surface area (TPSA) is 104 Å². The molecule has 1 atom stereocenters. The minimum atomic E-state index is -1.05. The van der Waals surface area contributed by atoms with E-state index in [4.69, 9.17) is 0 Å². The zero-order chi connectivity index (χ0) is 20.4.